The average Bonchev–Trinajstić information content (AvgIpc) is 2.56. The molecule has 4 nitrogen and oxygen atoms in total. The highest BCUT2D eigenvalue weighted by molar-refractivity contribution is 5.96. The molecule has 2 rings (SSSR count). The normalized spacial score (nSPS) is 10.0. The van der Waals surface area contributed by atoms with Gasteiger partial charge in [-0.25, -0.2) is 4.79 Å². The zero-order valence-electron chi connectivity index (χ0n) is 12.5. The number of carbonyl (C=O) groups is 2. The van der Waals surface area contributed by atoms with Crippen molar-refractivity contribution in [2.45, 2.75) is 13.3 Å². The van der Waals surface area contributed by atoms with E-state index in [0.717, 1.165) is 11.3 Å². The number of esters is 1. The van der Waals surface area contributed by atoms with E-state index >= 15 is 0 Å². The predicted molar refractivity (Wildman–Crippen MR) is 86.3 cm³/mol. The van der Waals surface area contributed by atoms with Crippen molar-refractivity contribution in [1.29, 1.82) is 0 Å². The molecule has 22 heavy (non-hydrogen) atoms. The summed E-state index contributed by atoms with van der Waals surface area (Å²) < 4.78 is 4.93. The minimum Gasteiger partial charge on any atom is -0.462 e. The fourth-order valence-electron chi connectivity index (χ4n) is 2.03. The highest BCUT2D eigenvalue weighted by Crippen LogP contribution is 2.11. The van der Waals surface area contributed by atoms with Gasteiger partial charge >= 0.3 is 5.97 Å². The molecule has 1 N–H and O–H groups in total. The standard InChI is InChI=1S/C18H19NO3/c1-2-22-18(21)15-8-10-16(11-9-15)19-13-12-17(20)14-6-4-3-5-7-14/h3-11,19H,2,12-13H2,1H3. The summed E-state index contributed by atoms with van der Waals surface area (Å²) in [5.41, 5.74) is 2.11. The third-order valence-electron chi connectivity index (χ3n) is 3.17. The van der Waals surface area contributed by atoms with Crippen LogP contribution in [0.3, 0.4) is 0 Å². The SMILES string of the molecule is CCOC(=O)c1ccc(NCCC(=O)c2ccccc2)cc1. The van der Waals surface area contributed by atoms with Crippen molar-refractivity contribution >= 4 is 17.4 Å². The molecular formula is C18H19NO3. The van der Waals surface area contributed by atoms with Crippen LogP contribution in [0, 0.1) is 0 Å². The molecule has 0 heterocycles. The van der Waals surface area contributed by atoms with Gasteiger partial charge in [0.15, 0.2) is 5.78 Å². The first kappa shape index (κ1) is 15.8. The Morgan fingerprint density at radius 1 is 0.955 bits per heavy atom. The van der Waals surface area contributed by atoms with E-state index in [4.69, 9.17) is 4.74 Å². The first-order chi connectivity index (χ1) is 10.7. The minimum atomic E-state index is -0.326. The minimum absolute atomic E-state index is 0.108. The number of anilines is 1. The fraction of sp³-hybridized carbons (Fsp3) is 0.222. The van der Waals surface area contributed by atoms with E-state index in [2.05, 4.69) is 5.32 Å². The summed E-state index contributed by atoms with van der Waals surface area (Å²) in [6, 6.07) is 16.3. The number of ketones is 1. The van der Waals surface area contributed by atoms with Gasteiger partial charge in [-0.05, 0) is 31.2 Å². The smallest absolute Gasteiger partial charge is 0.338 e. The third kappa shape index (κ3) is 4.45. The molecule has 0 aromatic heterocycles. The lowest BCUT2D eigenvalue weighted by Gasteiger charge is -2.07. The van der Waals surface area contributed by atoms with Crippen molar-refractivity contribution in [2.24, 2.45) is 0 Å². The van der Waals surface area contributed by atoms with Gasteiger partial charge in [-0.3, -0.25) is 4.79 Å². The fourth-order valence-corrected chi connectivity index (χ4v) is 2.03. The molecule has 0 saturated heterocycles. The number of rotatable bonds is 7. The molecule has 0 atom stereocenters. The summed E-state index contributed by atoms with van der Waals surface area (Å²) in [7, 11) is 0. The highest BCUT2D eigenvalue weighted by Gasteiger charge is 2.06. The highest BCUT2D eigenvalue weighted by atomic mass is 16.5. The van der Waals surface area contributed by atoms with Gasteiger partial charge in [-0.15, -0.1) is 0 Å². The largest absolute Gasteiger partial charge is 0.462 e. The summed E-state index contributed by atoms with van der Waals surface area (Å²) >= 11 is 0. The van der Waals surface area contributed by atoms with Crippen LogP contribution in [0.5, 0.6) is 0 Å². The summed E-state index contributed by atoms with van der Waals surface area (Å²) in [4.78, 5) is 23.5. The lowest BCUT2D eigenvalue weighted by Crippen LogP contribution is -2.09. The van der Waals surface area contributed by atoms with Crippen molar-refractivity contribution in [3.8, 4) is 0 Å². The molecule has 0 radical (unpaired) electrons. The molecule has 114 valence electrons. The van der Waals surface area contributed by atoms with Crippen molar-refractivity contribution in [3.05, 3.63) is 65.7 Å². The lowest BCUT2D eigenvalue weighted by atomic mass is 10.1. The van der Waals surface area contributed by atoms with Crippen LogP contribution >= 0.6 is 0 Å². The Morgan fingerprint density at radius 2 is 1.64 bits per heavy atom. The van der Waals surface area contributed by atoms with Crippen LogP contribution in [0.1, 0.15) is 34.1 Å². The molecule has 0 amide bonds. The summed E-state index contributed by atoms with van der Waals surface area (Å²) in [6.07, 6.45) is 0.420. The molecule has 2 aromatic rings. The Labute approximate surface area is 130 Å². The van der Waals surface area contributed by atoms with E-state index in [1.54, 1.807) is 31.2 Å². The Hall–Kier alpha value is -2.62. The number of nitrogens with one attached hydrogen (secondary N) is 1. The number of ether oxygens (including phenoxy) is 1. The molecule has 0 spiro atoms. The molecule has 4 heteroatoms. The topological polar surface area (TPSA) is 55.4 Å². The Morgan fingerprint density at radius 3 is 2.27 bits per heavy atom. The number of Topliss-reactive ketones (excluding diaryl/α,β-unsaturated/α-hetero) is 1. The van der Waals surface area contributed by atoms with Gasteiger partial charge in [0.1, 0.15) is 0 Å². The van der Waals surface area contributed by atoms with Crippen LogP contribution in [0.15, 0.2) is 54.6 Å². The van der Waals surface area contributed by atoms with E-state index in [1.165, 1.54) is 0 Å². The second-order valence-corrected chi connectivity index (χ2v) is 4.76. The molecule has 2 aromatic carbocycles. The van der Waals surface area contributed by atoms with E-state index in [-0.39, 0.29) is 11.8 Å². The molecule has 0 aliphatic heterocycles. The van der Waals surface area contributed by atoms with Crippen molar-refractivity contribution in [2.75, 3.05) is 18.5 Å². The first-order valence-electron chi connectivity index (χ1n) is 7.30. The van der Waals surface area contributed by atoms with Crippen LogP contribution < -0.4 is 5.32 Å². The zero-order chi connectivity index (χ0) is 15.8. The van der Waals surface area contributed by atoms with E-state index in [9.17, 15) is 9.59 Å². The predicted octanol–water partition coefficient (Wildman–Crippen LogP) is 3.55. The van der Waals surface area contributed by atoms with Gasteiger partial charge in [0.05, 0.1) is 12.2 Å². The zero-order valence-corrected chi connectivity index (χ0v) is 12.5. The average molecular weight is 297 g/mol. The van der Waals surface area contributed by atoms with Crippen LogP contribution in [-0.2, 0) is 4.74 Å². The van der Waals surface area contributed by atoms with Gasteiger partial charge in [-0.2, -0.15) is 0 Å². The van der Waals surface area contributed by atoms with Gasteiger partial charge in [0.2, 0.25) is 0 Å². The quantitative estimate of drug-likeness (QED) is 0.627. The molecule has 0 bridgehead atoms. The maximum Gasteiger partial charge on any atom is 0.338 e. The van der Waals surface area contributed by atoms with Crippen LogP contribution in [0.4, 0.5) is 5.69 Å². The lowest BCUT2D eigenvalue weighted by molar-refractivity contribution is 0.0526. The van der Waals surface area contributed by atoms with Crippen molar-refractivity contribution < 1.29 is 14.3 Å². The maximum absolute atomic E-state index is 11.9. The van der Waals surface area contributed by atoms with Gasteiger partial charge < -0.3 is 10.1 Å². The molecular weight excluding hydrogens is 278 g/mol. The van der Waals surface area contributed by atoms with Gasteiger partial charge in [0.25, 0.3) is 0 Å². The molecule has 0 aliphatic carbocycles. The van der Waals surface area contributed by atoms with Crippen LogP contribution in [0.2, 0.25) is 0 Å². The van der Waals surface area contributed by atoms with Crippen LogP contribution in [-0.4, -0.2) is 24.9 Å². The monoisotopic (exact) mass is 297 g/mol. The number of carbonyl (C=O) groups excluding carboxylic acids is 2. The number of benzene rings is 2. The second-order valence-electron chi connectivity index (χ2n) is 4.76. The third-order valence-corrected chi connectivity index (χ3v) is 3.17. The van der Waals surface area contributed by atoms with E-state index < -0.39 is 0 Å². The summed E-state index contributed by atoms with van der Waals surface area (Å²) in [5.74, 6) is -0.218. The summed E-state index contributed by atoms with van der Waals surface area (Å²) in [6.45, 7) is 2.69. The number of hydrogen-bond acceptors (Lipinski definition) is 4. The Kier molecular flexibility index (Phi) is 5.72. The van der Waals surface area contributed by atoms with E-state index in [0.29, 0.717) is 25.1 Å². The Bertz CT molecular complexity index is 621. The number of hydrogen-bond donors (Lipinski definition) is 1. The van der Waals surface area contributed by atoms with Crippen LogP contribution in [0.25, 0.3) is 0 Å². The Balaban J connectivity index is 1.82. The molecule has 0 fully saturated rings. The maximum atomic E-state index is 11.9. The molecule has 0 aliphatic rings. The van der Waals surface area contributed by atoms with Gasteiger partial charge in [0, 0.05) is 24.2 Å². The second kappa shape index (κ2) is 7.98. The summed E-state index contributed by atoms with van der Waals surface area (Å²) in [5, 5.41) is 3.17. The first-order valence-corrected chi connectivity index (χ1v) is 7.30. The molecule has 0 unspecified atom stereocenters. The van der Waals surface area contributed by atoms with Gasteiger partial charge in [-0.1, -0.05) is 30.3 Å². The van der Waals surface area contributed by atoms with Crippen molar-refractivity contribution in [3.63, 3.8) is 0 Å². The molecule has 0 saturated carbocycles. The van der Waals surface area contributed by atoms with Crippen molar-refractivity contribution in [1.82, 2.24) is 0 Å². The van der Waals surface area contributed by atoms with E-state index in [1.807, 2.05) is 30.3 Å².